The minimum absolute atomic E-state index is 0.00134. The number of hydrogen-bond donors (Lipinski definition) is 1. The molecule has 0 aromatic heterocycles. The minimum atomic E-state index is -0.518. The molecular weight excluding hydrogens is 184 g/mol. The summed E-state index contributed by atoms with van der Waals surface area (Å²) in [6, 6.07) is 0. The van der Waals surface area contributed by atoms with Gasteiger partial charge in [0, 0.05) is 20.1 Å². The first-order chi connectivity index (χ1) is 6.61. The summed E-state index contributed by atoms with van der Waals surface area (Å²) in [5.74, 6) is 0.0731. The molecule has 1 heterocycles. The maximum atomic E-state index is 9.90. The highest BCUT2D eigenvalue weighted by atomic mass is 16.6. The molecule has 0 spiro atoms. The Labute approximate surface area is 85.2 Å². The molecule has 0 amide bonds. The van der Waals surface area contributed by atoms with Crippen LogP contribution in [-0.4, -0.2) is 50.3 Å². The molecule has 5 atom stereocenters. The highest BCUT2D eigenvalue weighted by Gasteiger charge is 2.40. The lowest BCUT2D eigenvalue weighted by atomic mass is 9.88. The molecule has 0 saturated carbocycles. The van der Waals surface area contributed by atoms with Crippen molar-refractivity contribution in [2.24, 2.45) is 5.92 Å². The molecule has 0 radical (unpaired) electrons. The molecule has 0 aromatic carbocycles. The van der Waals surface area contributed by atoms with Crippen molar-refractivity contribution in [1.29, 1.82) is 0 Å². The van der Waals surface area contributed by atoms with Gasteiger partial charge in [-0.1, -0.05) is 6.92 Å². The fourth-order valence-corrected chi connectivity index (χ4v) is 2.10. The van der Waals surface area contributed by atoms with E-state index in [4.69, 9.17) is 14.2 Å². The van der Waals surface area contributed by atoms with Crippen molar-refractivity contribution in [2.75, 3.05) is 20.8 Å². The van der Waals surface area contributed by atoms with Gasteiger partial charge in [-0.3, -0.25) is 0 Å². The Morgan fingerprint density at radius 1 is 1.29 bits per heavy atom. The third kappa shape index (κ3) is 2.25. The molecule has 1 N–H and O–H groups in total. The van der Waals surface area contributed by atoms with Crippen molar-refractivity contribution >= 4 is 0 Å². The van der Waals surface area contributed by atoms with Gasteiger partial charge < -0.3 is 19.3 Å². The number of ether oxygens (including phenoxy) is 3. The third-order valence-electron chi connectivity index (χ3n) is 2.89. The molecule has 4 nitrogen and oxygen atoms in total. The van der Waals surface area contributed by atoms with Gasteiger partial charge in [0.2, 0.25) is 0 Å². The highest BCUT2D eigenvalue weighted by molar-refractivity contribution is 4.88. The molecule has 1 fully saturated rings. The fourth-order valence-electron chi connectivity index (χ4n) is 2.10. The van der Waals surface area contributed by atoms with E-state index in [0.29, 0.717) is 6.61 Å². The van der Waals surface area contributed by atoms with Crippen molar-refractivity contribution in [3.63, 3.8) is 0 Å². The van der Waals surface area contributed by atoms with Gasteiger partial charge in [-0.05, 0) is 6.92 Å². The zero-order valence-electron chi connectivity index (χ0n) is 9.27. The van der Waals surface area contributed by atoms with Gasteiger partial charge in [-0.2, -0.15) is 0 Å². The van der Waals surface area contributed by atoms with Gasteiger partial charge in [0.05, 0.1) is 24.9 Å². The number of aliphatic hydroxyl groups excluding tert-OH is 1. The summed E-state index contributed by atoms with van der Waals surface area (Å²) in [5, 5.41) is 9.90. The zero-order chi connectivity index (χ0) is 10.7. The molecular formula is C10H20O4. The van der Waals surface area contributed by atoms with Crippen LogP contribution in [-0.2, 0) is 14.2 Å². The van der Waals surface area contributed by atoms with E-state index in [0.717, 1.165) is 0 Å². The predicted molar refractivity (Wildman–Crippen MR) is 52.2 cm³/mol. The Bertz CT molecular complexity index is 172. The molecule has 84 valence electrons. The molecule has 1 saturated heterocycles. The molecule has 14 heavy (non-hydrogen) atoms. The molecule has 1 aliphatic rings. The second-order valence-electron chi connectivity index (χ2n) is 3.89. The van der Waals surface area contributed by atoms with Crippen molar-refractivity contribution in [3.05, 3.63) is 0 Å². The summed E-state index contributed by atoms with van der Waals surface area (Å²) in [6.07, 6.45) is -0.802. The monoisotopic (exact) mass is 204 g/mol. The van der Waals surface area contributed by atoms with Crippen molar-refractivity contribution in [2.45, 2.75) is 38.3 Å². The quantitative estimate of drug-likeness (QED) is 0.724. The topological polar surface area (TPSA) is 47.9 Å². The van der Waals surface area contributed by atoms with Crippen molar-refractivity contribution in [1.82, 2.24) is 0 Å². The van der Waals surface area contributed by atoms with Crippen LogP contribution >= 0.6 is 0 Å². The first-order valence-electron chi connectivity index (χ1n) is 4.97. The Balaban J connectivity index is 2.62. The SMILES string of the molecule is COCC1OC(C)C(OC)C(C)C1O. The lowest BCUT2D eigenvalue weighted by Crippen LogP contribution is -2.54. The largest absolute Gasteiger partial charge is 0.390 e. The van der Waals surface area contributed by atoms with Gasteiger partial charge in [0.15, 0.2) is 0 Å². The van der Waals surface area contributed by atoms with Crippen LogP contribution in [0, 0.1) is 5.92 Å². The van der Waals surface area contributed by atoms with E-state index < -0.39 is 6.10 Å². The first-order valence-corrected chi connectivity index (χ1v) is 4.97. The standard InChI is InChI=1S/C10H20O4/c1-6-9(11)8(5-12-3)14-7(2)10(6)13-4/h6-11H,5H2,1-4H3. The molecule has 0 bridgehead atoms. The average molecular weight is 204 g/mol. The van der Waals surface area contributed by atoms with Gasteiger partial charge in [-0.15, -0.1) is 0 Å². The lowest BCUT2D eigenvalue weighted by molar-refractivity contribution is -0.208. The van der Waals surface area contributed by atoms with E-state index in [9.17, 15) is 5.11 Å². The van der Waals surface area contributed by atoms with Crippen molar-refractivity contribution < 1.29 is 19.3 Å². The second-order valence-corrected chi connectivity index (χ2v) is 3.89. The zero-order valence-corrected chi connectivity index (χ0v) is 9.27. The predicted octanol–water partition coefficient (Wildman–Crippen LogP) is 0.432. The van der Waals surface area contributed by atoms with Gasteiger partial charge in [-0.25, -0.2) is 0 Å². The number of aliphatic hydroxyl groups is 1. The van der Waals surface area contributed by atoms with Gasteiger partial charge >= 0.3 is 0 Å². The lowest BCUT2D eigenvalue weighted by Gasteiger charge is -2.41. The van der Waals surface area contributed by atoms with Gasteiger partial charge in [0.25, 0.3) is 0 Å². The summed E-state index contributed by atoms with van der Waals surface area (Å²) < 4.78 is 15.9. The van der Waals surface area contributed by atoms with E-state index in [-0.39, 0.29) is 24.2 Å². The normalized spacial score (nSPS) is 43.9. The van der Waals surface area contributed by atoms with Crippen LogP contribution in [0.5, 0.6) is 0 Å². The summed E-state index contributed by atoms with van der Waals surface area (Å²) in [5.41, 5.74) is 0. The van der Waals surface area contributed by atoms with Crippen molar-refractivity contribution in [3.8, 4) is 0 Å². The van der Waals surface area contributed by atoms with Crippen LogP contribution in [0.1, 0.15) is 13.8 Å². The minimum Gasteiger partial charge on any atom is -0.390 e. The maximum Gasteiger partial charge on any atom is 0.107 e. The molecule has 0 aliphatic carbocycles. The van der Waals surface area contributed by atoms with E-state index in [1.165, 1.54) is 0 Å². The molecule has 1 rings (SSSR count). The first kappa shape index (κ1) is 11.9. The number of hydrogen-bond acceptors (Lipinski definition) is 4. The average Bonchev–Trinajstić information content (AvgIpc) is 2.15. The Kier molecular flexibility index (Phi) is 4.31. The molecule has 4 heteroatoms. The second kappa shape index (κ2) is 5.07. The van der Waals surface area contributed by atoms with Crippen LogP contribution < -0.4 is 0 Å². The van der Waals surface area contributed by atoms with Crippen LogP contribution in [0.2, 0.25) is 0 Å². The molecule has 1 aliphatic heterocycles. The van der Waals surface area contributed by atoms with E-state index >= 15 is 0 Å². The van der Waals surface area contributed by atoms with Crippen LogP contribution in [0.25, 0.3) is 0 Å². The molecule has 5 unspecified atom stereocenters. The Morgan fingerprint density at radius 2 is 1.93 bits per heavy atom. The van der Waals surface area contributed by atoms with Crippen LogP contribution in [0.15, 0.2) is 0 Å². The summed E-state index contributed by atoms with van der Waals surface area (Å²) >= 11 is 0. The highest BCUT2D eigenvalue weighted by Crippen LogP contribution is 2.27. The Hall–Kier alpha value is -0.160. The number of methoxy groups -OCH3 is 2. The molecule has 0 aromatic rings. The number of rotatable bonds is 3. The van der Waals surface area contributed by atoms with Crippen LogP contribution in [0.4, 0.5) is 0 Å². The van der Waals surface area contributed by atoms with Crippen LogP contribution in [0.3, 0.4) is 0 Å². The van der Waals surface area contributed by atoms with E-state index in [1.54, 1.807) is 14.2 Å². The fraction of sp³-hybridized carbons (Fsp3) is 1.00. The summed E-state index contributed by atoms with van der Waals surface area (Å²) in [7, 11) is 3.25. The third-order valence-corrected chi connectivity index (χ3v) is 2.89. The summed E-state index contributed by atoms with van der Waals surface area (Å²) in [4.78, 5) is 0. The van der Waals surface area contributed by atoms with E-state index in [2.05, 4.69) is 0 Å². The maximum absolute atomic E-state index is 9.90. The summed E-state index contributed by atoms with van der Waals surface area (Å²) in [6.45, 7) is 4.35. The van der Waals surface area contributed by atoms with Gasteiger partial charge in [0.1, 0.15) is 6.10 Å². The van der Waals surface area contributed by atoms with E-state index in [1.807, 2.05) is 13.8 Å². The Morgan fingerprint density at radius 3 is 2.43 bits per heavy atom. The smallest absolute Gasteiger partial charge is 0.107 e.